The van der Waals surface area contributed by atoms with E-state index in [0.29, 0.717) is 10.9 Å². The van der Waals surface area contributed by atoms with Crippen LogP contribution in [0.3, 0.4) is 0 Å². The van der Waals surface area contributed by atoms with Crippen molar-refractivity contribution < 1.29 is 0 Å². The molecule has 1 fully saturated rings. The van der Waals surface area contributed by atoms with Gasteiger partial charge in [0.05, 0.1) is 11.0 Å². The molecule has 0 spiro atoms. The molecule has 1 saturated carbocycles. The zero-order chi connectivity index (χ0) is 20.7. The summed E-state index contributed by atoms with van der Waals surface area (Å²) < 4.78 is 4.06. The second-order valence-electron chi connectivity index (χ2n) is 8.57. The molecule has 0 aliphatic heterocycles. The predicted molar refractivity (Wildman–Crippen MR) is 121 cm³/mol. The van der Waals surface area contributed by atoms with Gasteiger partial charge in [0.15, 0.2) is 11.3 Å². The van der Waals surface area contributed by atoms with Crippen molar-refractivity contribution in [2.75, 3.05) is 0 Å². The fourth-order valence-corrected chi connectivity index (χ4v) is 4.98. The number of para-hydroxylation sites is 2. The molecular formula is C24H29N5O. The summed E-state index contributed by atoms with van der Waals surface area (Å²) in [4.78, 5) is 28.5. The monoisotopic (exact) mass is 403 g/mol. The Balaban J connectivity index is 1.78. The van der Waals surface area contributed by atoms with Gasteiger partial charge < -0.3 is 4.57 Å². The number of hydrogen-bond acceptors (Lipinski definition) is 4. The topological polar surface area (TPSA) is 65.6 Å². The summed E-state index contributed by atoms with van der Waals surface area (Å²) in [5.74, 6) is 0.807. The lowest BCUT2D eigenvalue weighted by atomic mass is 10.2. The van der Waals surface area contributed by atoms with Gasteiger partial charge in [0.1, 0.15) is 16.7 Å². The molecule has 6 nitrogen and oxygen atoms in total. The second-order valence-corrected chi connectivity index (χ2v) is 8.57. The van der Waals surface area contributed by atoms with Crippen molar-refractivity contribution in [1.29, 1.82) is 0 Å². The van der Waals surface area contributed by atoms with Crippen molar-refractivity contribution in [3.05, 3.63) is 40.4 Å². The van der Waals surface area contributed by atoms with Crippen LogP contribution in [0.1, 0.15) is 70.2 Å². The van der Waals surface area contributed by atoms with Crippen molar-refractivity contribution in [3.63, 3.8) is 0 Å². The van der Waals surface area contributed by atoms with Crippen LogP contribution in [0, 0.1) is 6.92 Å². The molecule has 3 heterocycles. The highest BCUT2D eigenvalue weighted by atomic mass is 16.1. The Labute approximate surface area is 176 Å². The van der Waals surface area contributed by atoms with E-state index in [-0.39, 0.29) is 11.6 Å². The molecule has 6 heteroatoms. The summed E-state index contributed by atoms with van der Waals surface area (Å²) in [6.45, 7) is 5.00. The van der Waals surface area contributed by atoms with Crippen LogP contribution in [0.4, 0.5) is 0 Å². The van der Waals surface area contributed by atoms with Crippen molar-refractivity contribution in [3.8, 4) is 0 Å². The van der Waals surface area contributed by atoms with E-state index in [4.69, 9.17) is 15.0 Å². The van der Waals surface area contributed by atoms with Gasteiger partial charge in [-0.1, -0.05) is 51.2 Å². The van der Waals surface area contributed by atoms with Crippen LogP contribution in [0.15, 0.2) is 29.1 Å². The normalized spacial score (nSPS) is 15.1. The zero-order valence-corrected chi connectivity index (χ0v) is 17.9. The molecule has 0 saturated heterocycles. The van der Waals surface area contributed by atoms with Gasteiger partial charge in [-0.2, -0.15) is 0 Å². The lowest BCUT2D eigenvalue weighted by Crippen LogP contribution is -2.27. The second kappa shape index (κ2) is 7.82. The standard InChI is InChI=1S/C24H29N5O/c1-3-4-5-10-15-28-22-20(21-23(28)27-19-14-9-8-13-18(19)26-21)24(30)29(16(2)25-22)17-11-6-7-12-17/h8-9,13-14,17H,3-7,10-12,15H2,1-2H3. The third-order valence-corrected chi connectivity index (χ3v) is 6.50. The van der Waals surface area contributed by atoms with Crippen molar-refractivity contribution in [1.82, 2.24) is 24.1 Å². The van der Waals surface area contributed by atoms with Crippen LogP contribution in [-0.2, 0) is 6.54 Å². The highest BCUT2D eigenvalue weighted by molar-refractivity contribution is 6.04. The van der Waals surface area contributed by atoms with Gasteiger partial charge in [-0.3, -0.25) is 9.36 Å². The van der Waals surface area contributed by atoms with E-state index < -0.39 is 0 Å². The number of hydrogen-bond donors (Lipinski definition) is 0. The smallest absolute Gasteiger partial charge is 0.265 e. The number of aromatic nitrogens is 5. The summed E-state index contributed by atoms with van der Waals surface area (Å²) in [5, 5.41) is 0.635. The Bertz CT molecular complexity index is 1280. The van der Waals surface area contributed by atoms with Gasteiger partial charge in [0.2, 0.25) is 0 Å². The minimum atomic E-state index is 0.0475. The summed E-state index contributed by atoms with van der Waals surface area (Å²) in [6.07, 6.45) is 9.09. The minimum absolute atomic E-state index is 0.0475. The predicted octanol–water partition coefficient (Wildman–Crippen LogP) is 5.30. The van der Waals surface area contributed by atoms with Gasteiger partial charge >= 0.3 is 0 Å². The molecule has 0 N–H and O–H groups in total. The van der Waals surface area contributed by atoms with Gasteiger partial charge in [-0.05, 0) is 38.3 Å². The molecule has 30 heavy (non-hydrogen) atoms. The van der Waals surface area contributed by atoms with Crippen LogP contribution in [0.5, 0.6) is 0 Å². The van der Waals surface area contributed by atoms with Crippen molar-refractivity contribution >= 4 is 33.2 Å². The molecule has 1 aliphatic carbocycles. The Kier molecular flexibility index (Phi) is 5.01. The lowest BCUT2D eigenvalue weighted by Gasteiger charge is -2.16. The van der Waals surface area contributed by atoms with Gasteiger partial charge in [-0.15, -0.1) is 0 Å². The summed E-state index contributed by atoms with van der Waals surface area (Å²) in [5.41, 5.74) is 3.95. The Morgan fingerprint density at radius 1 is 0.967 bits per heavy atom. The van der Waals surface area contributed by atoms with Gasteiger partial charge in [-0.25, -0.2) is 15.0 Å². The average molecular weight is 404 g/mol. The molecule has 0 atom stereocenters. The molecule has 4 aromatic rings. The quantitative estimate of drug-likeness (QED) is 0.410. The largest absolute Gasteiger partial charge is 0.308 e. The van der Waals surface area contributed by atoms with E-state index in [1.807, 2.05) is 35.8 Å². The van der Waals surface area contributed by atoms with Crippen LogP contribution in [0.2, 0.25) is 0 Å². The van der Waals surface area contributed by atoms with E-state index in [0.717, 1.165) is 60.4 Å². The zero-order valence-electron chi connectivity index (χ0n) is 17.9. The third-order valence-electron chi connectivity index (χ3n) is 6.50. The highest BCUT2D eigenvalue weighted by Gasteiger charge is 2.25. The van der Waals surface area contributed by atoms with Gasteiger partial charge in [0, 0.05) is 12.6 Å². The van der Waals surface area contributed by atoms with Crippen LogP contribution in [-0.4, -0.2) is 24.1 Å². The first-order chi connectivity index (χ1) is 14.7. The number of benzene rings is 1. The summed E-state index contributed by atoms with van der Waals surface area (Å²) >= 11 is 0. The first-order valence-electron chi connectivity index (χ1n) is 11.4. The maximum absolute atomic E-state index is 13.7. The average Bonchev–Trinajstić information content (AvgIpc) is 3.36. The van der Waals surface area contributed by atoms with Crippen molar-refractivity contribution in [2.24, 2.45) is 0 Å². The number of fused-ring (bicyclic) bond motifs is 4. The van der Waals surface area contributed by atoms with Crippen LogP contribution < -0.4 is 5.56 Å². The maximum atomic E-state index is 13.7. The first-order valence-corrected chi connectivity index (χ1v) is 11.4. The molecule has 156 valence electrons. The first kappa shape index (κ1) is 19.2. The number of aryl methyl sites for hydroxylation is 2. The molecular weight excluding hydrogens is 374 g/mol. The van der Waals surface area contributed by atoms with E-state index >= 15 is 0 Å². The number of rotatable bonds is 6. The highest BCUT2D eigenvalue weighted by Crippen LogP contribution is 2.31. The molecule has 3 aromatic heterocycles. The van der Waals surface area contributed by atoms with E-state index in [1.165, 1.54) is 25.7 Å². The molecule has 5 rings (SSSR count). The Hall–Kier alpha value is -2.76. The Morgan fingerprint density at radius 3 is 2.43 bits per heavy atom. The van der Waals surface area contributed by atoms with Gasteiger partial charge in [0.25, 0.3) is 5.56 Å². The van der Waals surface area contributed by atoms with E-state index in [2.05, 4.69) is 11.5 Å². The van der Waals surface area contributed by atoms with Crippen LogP contribution in [0.25, 0.3) is 33.2 Å². The minimum Gasteiger partial charge on any atom is -0.308 e. The molecule has 0 unspecified atom stereocenters. The lowest BCUT2D eigenvalue weighted by molar-refractivity contribution is 0.485. The summed E-state index contributed by atoms with van der Waals surface area (Å²) in [6, 6.07) is 8.14. The summed E-state index contributed by atoms with van der Waals surface area (Å²) in [7, 11) is 0. The molecule has 0 radical (unpaired) electrons. The fourth-order valence-electron chi connectivity index (χ4n) is 4.98. The number of unbranched alkanes of at least 4 members (excludes halogenated alkanes) is 3. The maximum Gasteiger partial charge on any atom is 0.265 e. The van der Waals surface area contributed by atoms with E-state index in [9.17, 15) is 4.79 Å². The third kappa shape index (κ3) is 3.09. The van der Waals surface area contributed by atoms with Crippen molar-refractivity contribution in [2.45, 2.75) is 77.8 Å². The number of nitrogens with zero attached hydrogens (tertiary/aromatic N) is 5. The Morgan fingerprint density at radius 2 is 1.70 bits per heavy atom. The molecule has 0 bridgehead atoms. The molecule has 0 amide bonds. The fraction of sp³-hybridized carbons (Fsp3) is 0.500. The van der Waals surface area contributed by atoms with Crippen LogP contribution >= 0.6 is 0 Å². The molecule has 1 aliphatic rings. The SMILES string of the molecule is CCCCCCn1c2nc3ccccc3nc2c2c(=O)n(C3CCCC3)c(C)nc21. The van der Waals surface area contributed by atoms with E-state index in [1.54, 1.807) is 0 Å². The molecule has 1 aromatic carbocycles.